The lowest BCUT2D eigenvalue weighted by atomic mass is 10.0. The number of fused-ring (bicyclic) bond motifs is 1. The molecular formula is C17H23N3O5S. The highest BCUT2D eigenvalue weighted by atomic mass is 32.2. The van der Waals surface area contributed by atoms with E-state index < -0.39 is 22.4 Å². The van der Waals surface area contributed by atoms with Gasteiger partial charge in [0.2, 0.25) is 0 Å². The van der Waals surface area contributed by atoms with Crippen molar-refractivity contribution in [3.05, 3.63) is 35.6 Å². The van der Waals surface area contributed by atoms with Crippen molar-refractivity contribution in [1.29, 1.82) is 0 Å². The maximum atomic E-state index is 12.7. The summed E-state index contributed by atoms with van der Waals surface area (Å²) in [5.74, 6) is -0.0950. The van der Waals surface area contributed by atoms with E-state index in [2.05, 4.69) is 4.72 Å². The molecule has 2 heterocycles. The minimum absolute atomic E-state index is 0.0372. The van der Waals surface area contributed by atoms with Gasteiger partial charge >= 0.3 is 0 Å². The van der Waals surface area contributed by atoms with Crippen LogP contribution in [-0.4, -0.2) is 68.0 Å². The fourth-order valence-electron chi connectivity index (χ4n) is 3.02. The van der Waals surface area contributed by atoms with Crippen LogP contribution in [0.15, 0.2) is 28.7 Å². The Balaban J connectivity index is 1.71. The fourth-order valence-corrected chi connectivity index (χ4v) is 3.89. The number of hydrogen-bond acceptors (Lipinski definition) is 5. The molecule has 1 fully saturated rings. The van der Waals surface area contributed by atoms with Crippen LogP contribution in [0, 0.1) is 6.92 Å². The number of benzene rings is 1. The average molecular weight is 381 g/mol. The molecule has 1 amide bonds. The predicted molar refractivity (Wildman–Crippen MR) is 97.0 cm³/mol. The number of aliphatic hydroxyl groups is 1. The minimum Gasteiger partial charge on any atom is -0.451 e. The van der Waals surface area contributed by atoms with E-state index in [1.54, 1.807) is 6.07 Å². The summed E-state index contributed by atoms with van der Waals surface area (Å²) in [6.45, 7) is 2.27. The number of hydrogen-bond donors (Lipinski definition) is 2. The Morgan fingerprint density at radius 3 is 2.73 bits per heavy atom. The Hall–Kier alpha value is -1.94. The molecule has 9 heteroatoms. The van der Waals surface area contributed by atoms with Crippen LogP contribution in [0.3, 0.4) is 0 Å². The number of likely N-dealkylation sites (tertiary alicyclic amines) is 1. The lowest BCUT2D eigenvalue weighted by Gasteiger charge is -2.36. The summed E-state index contributed by atoms with van der Waals surface area (Å²) in [6.07, 6.45) is -0.673. The first kappa shape index (κ1) is 18.8. The van der Waals surface area contributed by atoms with Gasteiger partial charge in [0, 0.05) is 32.6 Å². The first-order chi connectivity index (χ1) is 12.2. The van der Waals surface area contributed by atoms with Crippen LogP contribution in [0.5, 0.6) is 0 Å². The maximum absolute atomic E-state index is 12.7. The lowest BCUT2D eigenvalue weighted by Crippen LogP contribution is -2.56. The summed E-state index contributed by atoms with van der Waals surface area (Å²) in [5, 5.41) is 11.1. The summed E-state index contributed by atoms with van der Waals surface area (Å²) >= 11 is 0. The van der Waals surface area contributed by atoms with E-state index in [4.69, 9.17) is 4.42 Å². The van der Waals surface area contributed by atoms with E-state index in [9.17, 15) is 18.3 Å². The van der Waals surface area contributed by atoms with Crippen molar-refractivity contribution in [2.75, 3.05) is 27.2 Å². The topological polar surface area (TPSA) is 103 Å². The monoisotopic (exact) mass is 381 g/mol. The van der Waals surface area contributed by atoms with Gasteiger partial charge in [-0.1, -0.05) is 18.2 Å². The van der Waals surface area contributed by atoms with Crippen molar-refractivity contribution >= 4 is 27.1 Å². The number of piperidine rings is 1. The molecule has 0 unspecified atom stereocenters. The number of aryl methyl sites for hydroxylation is 1. The first-order valence-corrected chi connectivity index (χ1v) is 9.79. The number of amides is 1. The molecule has 1 saturated heterocycles. The Morgan fingerprint density at radius 1 is 1.38 bits per heavy atom. The molecular weight excluding hydrogens is 358 g/mol. The van der Waals surface area contributed by atoms with E-state index in [1.165, 1.54) is 19.0 Å². The van der Waals surface area contributed by atoms with Crippen LogP contribution in [0.4, 0.5) is 0 Å². The Kier molecular flexibility index (Phi) is 5.07. The zero-order valence-electron chi connectivity index (χ0n) is 15.0. The first-order valence-electron chi connectivity index (χ1n) is 8.35. The van der Waals surface area contributed by atoms with Gasteiger partial charge in [0.1, 0.15) is 5.58 Å². The van der Waals surface area contributed by atoms with Crippen molar-refractivity contribution in [2.24, 2.45) is 0 Å². The molecule has 0 bridgehead atoms. The number of furan rings is 1. The molecule has 3 rings (SSSR count). The molecule has 2 atom stereocenters. The molecule has 0 saturated carbocycles. The number of para-hydroxylation sites is 1. The Bertz CT molecular complexity index is 922. The van der Waals surface area contributed by atoms with E-state index >= 15 is 0 Å². The highest BCUT2D eigenvalue weighted by molar-refractivity contribution is 7.87. The van der Waals surface area contributed by atoms with Gasteiger partial charge in [0.05, 0.1) is 12.1 Å². The number of nitrogens with zero attached hydrogens (tertiary/aromatic N) is 2. The molecule has 2 aromatic rings. The average Bonchev–Trinajstić information content (AvgIpc) is 3.01. The summed E-state index contributed by atoms with van der Waals surface area (Å²) in [4.78, 5) is 14.2. The third-order valence-corrected chi connectivity index (χ3v) is 6.16. The van der Waals surface area contributed by atoms with Crippen molar-refractivity contribution in [3.8, 4) is 0 Å². The molecule has 0 radical (unpaired) electrons. The van der Waals surface area contributed by atoms with E-state index in [0.717, 1.165) is 15.3 Å². The quantitative estimate of drug-likeness (QED) is 0.812. The zero-order chi connectivity index (χ0) is 19.1. The minimum atomic E-state index is -3.64. The van der Waals surface area contributed by atoms with E-state index in [0.29, 0.717) is 18.5 Å². The SMILES string of the molecule is Cc1cccc2cc(C(=O)N3CC[C@@H](NS(=O)(=O)N(C)C)[C@H](O)C3)oc12. The summed E-state index contributed by atoms with van der Waals surface area (Å²) in [7, 11) is -0.814. The highest BCUT2D eigenvalue weighted by Gasteiger charge is 2.34. The van der Waals surface area contributed by atoms with Crippen LogP contribution in [0.25, 0.3) is 11.0 Å². The van der Waals surface area contributed by atoms with E-state index in [1.807, 2.05) is 25.1 Å². The molecule has 0 aliphatic carbocycles. The number of β-amino-alcohol motifs (C(OH)–C–C–N with tert-alkyl or cyclic N) is 1. The van der Waals surface area contributed by atoms with Crippen LogP contribution in [0.2, 0.25) is 0 Å². The normalized spacial score (nSPS) is 21.5. The van der Waals surface area contributed by atoms with Gasteiger partial charge < -0.3 is 14.4 Å². The second-order valence-electron chi connectivity index (χ2n) is 6.72. The van der Waals surface area contributed by atoms with E-state index in [-0.39, 0.29) is 18.2 Å². The molecule has 2 N–H and O–H groups in total. The number of rotatable bonds is 4. The van der Waals surface area contributed by atoms with Gasteiger partial charge in [0.25, 0.3) is 16.1 Å². The number of aliphatic hydroxyl groups excluding tert-OH is 1. The van der Waals surface area contributed by atoms with Gasteiger partial charge in [-0.3, -0.25) is 4.79 Å². The van der Waals surface area contributed by atoms with Crippen LogP contribution >= 0.6 is 0 Å². The highest BCUT2D eigenvalue weighted by Crippen LogP contribution is 2.24. The predicted octanol–water partition coefficient (Wildman–Crippen LogP) is 0.713. The molecule has 142 valence electrons. The summed E-state index contributed by atoms with van der Waals surface area (Å²) < 4.78 is 33.0. The number of carbonyl (C=O) groups excluding carboxylic acids is 1. The number of nitrogens with one attached hydrogen (secondary N) is 1. The maximum Gasteiger partial charge on any atom is 0.289 e. The molecule has 1 aromatic heterocycles. The fraction of sp³-hybridized carbons (Fsp3) is 0.471. The van der Waals surface area contributed by atoms with Crippen LogP contribution < -0.4 is 4.72 Å². The molecule has 26 heavy (non-hydrogen) atoms. The van der Waals surface area contributed by atoms with Gasteiger partial charge in [-0.05, 0) is 25.0 Å². The molecule has 1 aliphatic heterocycles. The second kappa shape index (κ2) is 6.99. The lowest BCUT2D eigenvalue weighted by molar-refractivity contribution is 0.0344. The largest absolute Gasteiger partial charge is 0.451 e. The molecule has 0 spiro atoms. The third-order valence-electron chi connectivity index (χ3n) is 4.60. The number of carbonyl (C=O) groups is 1. The van der Waals surface area contributed by atoms with Crippen LogP contribution in [-0.2, 0) is 10.2 Å². The van der Waals surface area contributed by atoms with Gasteiger partial charge in [-0.2, -0.15) is 17.4 Å². The third kappa shape index (κ3) is 3.61. The van der Waals surface area contributed by atoms with Crippen LogP contribution in [0.1, 0.15) is 22.5 Å². The molecule has 8 nitrogen and oxygen atoms in total. The smallest absolute Gasteiger partial charge is 0.289 e. The summed E-state index contributed by atoms with van der Waals surface area (Å²) in [6, 6.07) is 6.74. The zero-order valence-corrected chi connectivity index (χ0v) is 15.8. The Morgan fingerprint density at radius 2 is 2.12 bits per heavy atom. The van der Waals surface area contributed by atoms with Crippen molar-refractivity contribution in [2.45, 2.75) is 25.5 Å². The van der Waals surface area contributed by atoms with Gasteiger partial charge in [-0.15, -0.1) is 0 Å². The molecule has 1 aliphatic rings. The van der Waals surface area contributed by atoms with Crippen molar-refractivity contribution < 1.29 is 22.7 Å². The van der Waals surface area contributed by atoms with Crippen molar-refractivity contribution in [3.63, 3.8) is 0 Å². The van der Waals surface area contributed by atoms with Gasteiger partial charge in [0.15, 0.2) is 5.76 Å². The molecule has 1 aromatic carbocycles. The summed E-state index contributed by atoms with van der Waals surface area (Å²) in [5.41, 5.74) is 1.61. The van der Waals surface area contributed by atoms with Gasteiger partial charge in [-0.25, -0.2) is 0 Å². The van der Waals surface area contributed by atoms with Crippen molar-refractivity contribution in [1.82, 2.24) is 13.9 Å². The standard InChI is InChI=1S/C17H23N3O5S/c1-11-5-4-6-12-9-15(25-16(11)12)17(22)20-8-7-13(14(21)10-20)18-26(23,24)19(2)3/h4-6,9,13-14,18,21H,7-8,10H2,1-3H3/t13-,14-/m1/s1. The Labute approximate surface area is 152 Å². The second-order valence-corrected chi connectivity index (χ2v) is 8.64.